The molecule has 1 heterocycles. The summed E-state index contributed by atoms with van der Waals surface area (Å²) in [6, 6.07) is 4.11. The first-order chi connectivity index (χ1) is 7.93. The second-order valence-corrected chi connectivity index (χ2v) is 3.92. The van der Waals surface area contributed by atoms with E-state index in [0.29, 0.717) is 0 Å². The van der Waals surface area contributed by atoms with Crippen LogP contribution in [-0.4, -0.2) is 24.7 Å². The number of aryl methyl sites for hydroxylation is 1. The zero-order valence-corrected chi connectivity index (χ0v) is 9.90. The third-order valence-electron chi connectivity index (χ3n) is 2.50. The average Bonchev–Trinajstić information content (AvgIpc) is 2.34. The lowest BCUT2D eigenvalue weighted by atomic mass is 10.1. The van der Waals surface area contributed by atoms with Gasteiger partial charge in [0.05, 0.1) is 0 Å². The van der Waals surface area contributed by atoms with E-state index in [9.17, 15) is 0 Å². The summed E-state index contributed by atoms with van der Waals surface area (Å²) in [7, 11) is 0. The number of unbranched alkanes of at least 4 members (excludes halogenated alkanes) is 2. The fraction of sp³-hybridized carbons (Fsp3) is 0.615. The second kappa shape index (κ2) is 9.31. The number of nitrogens with two attached hydrogens (primary N) is 1. The number of pyridine rings is 1. The summed E-state index contributed by atoms with van der Waals surface area (Å²) in [5.41, 5.74) is 6.74. The van der Waals surface area contributed by atoms with Crippen LogP contribution in [-0.2, 0) is 11.2 Å². The minimum Gasteiger partial charge on any atom is -0.381 e. The fourth-order valence-corrected chi connectivity index (χ4v) is 1.56. The molecule has 0 saturated heterocycles. The topological polar surface area (TPSA) is 48.1 Å². The van der Waals surface area contributed by atoms with Gasteiger partial charge in [-0.15, -0.1) is 0 Å². The molecule has 0 aliphatic carbocycles. The van der Waals surface area contributed by atoms with Crippen molar-refractivity contribution in [1.82, 2.24) is 4.98 Å². The molecule has 0 spiro atoms. The Morgan fingerprint density at radius 3 is 2.50 bits per heavy atom. The van der Waals surface area contributed by atoms with Crippen molar-refractivity contribution in [2.24, 2.45) is 5.73 Å². The normalized spacial score (nSPS) is 10.6. The average molecular weight is 222 g/mol. The van der Waals surface area contributed by atoms with Crippen molar-refractivity contribution in [3.8, 4) is 0 Å². The van der Waals surface area contributed by atoms with E-state index in [1.165, 1.54) is 12.0 Å². The molecule has 0 fully saturated rings. The predicted molar refractivity (Wildman–Crippen MR) is 66.3 cm³/mol. The van der Waals surface area contributed by atoms with Crippen LogP contribution in [0, 0.1) is 0 Å². The van der Waals surface area contributed by atoms with Gasteiger partial charge in [-0.1, -0.05) is 0 Å². The number of ether oxygens (including phenoxy) is 1. The molecular weight excluding hydrogens is 200 g/mol. The molecule has 1 aromatic heterocycles. The van der Waals surface area contributed by atoms with E-state index in [-0.39, 0.29) is 0 Å². The van der Waals surface area contributed by atoms with Crippen LogP contribution in [0.1, 0.15) is 31.2 Å². The Hall–Kier alpha value is -0.930. The largest absolute Gasteiger partial charge is 0.381 e. The van der Waals surface area contributed by atoms with E-state index in [1.54, 1.807) is 0 Å². The Kier molecular flexibility index (Phi) is 7.64. The second-order valence-electron chi connectivity index (χ2n) is 3.92. The SMILES string of the molecule is NCCCCCOCCCc1ccncc1. The predicted octanol–water partition coefficient (Wildman–Crippen LogP) is 2.16. The third kappa shape index (κ3) is 6.53. The van der Waals surface area contributed by atoms with Gasteiger partial charge in [-0.2, -0.15) is 0 Å². The van der Waals surface area contributed by atoms with Crippen molar-refractivity contribution in [1.29, 1.82) is 0 Å². The molecule has 90 valence electrons. The van der Waals surface area contributed by atoms with Crippen molar-refractivity contribution >= 4 is 0 Å². The van der Waals surface area contributed by atoms with Crippen LogP contribution in [0.4, 0.5) is 0 Å². The van der Waals surface area contributed by atoms with E-state index in [0.717, 1.165) is 45.4 Å². The summed E-state index contributed by atoms with van der Waals surface area (Å²) in [4.78, 5) is 3.99. The highest BCUT2D eigenvalue weighted by Crippen LogP contribution is 2.01. The van der Waals surface area contributed by atoms with E-state index < -0.39 is 0 Å². The first-order valence-corrected chi connectivity index (χ1v) is 6.10. The van der Waals surface area contributed by atoms with Crippen LogP contribution < -0.4 is 5.73 Å². The maximum absolute atomic E-state index is 5.55. The molecule has 0 atom stereocenters. The van der Waals surface area contributed by atoms with Crippen LogP contribution in [0.15, 0.2) is 24.5 Å². The zero-order valence-electron chi connectivity index (χ0n) is 9.90. The van der Waals surface area contributed by atoms with E-state index in [1.807, 2.05) is 12.4 Å². The maximum atomic E-state index is 5.55. The summed E-state index contributed by atoms with van der Waals surface area (Å²) < 4.78 is 5.55. The van der Waals surface area contributed by atoms with Crippen molar-refractivity contribution in [3.63, 3.8) is 0 Å². The van der Waals surface area contributed by atoms with Crippen molar-refractivity contribution in [3.05, 3.63) is 30.1 Å². The molecule has 0 amide bonds. The standard InChI is InChI=1S/C13H22N2O/c14-8-2-1-3-11-16-12-4-5-13-6-9-15-10-7-13/h6-7,9-10H,1-5,8,11-12,14H2. The van der Waals surface area contributed by atoms with E-state index in [2.05, 4.69) is 17.1 Å². The minimum absolute atomic E-state index is 0.794. The Labute approximate surface area is 98.0 Å². The number of hydrogen-bond acceptors (Lipinski definition) is 3. The summed E-state index contributed by atoms with van der Waals surface area (Å²) in [6.45, 7) is 2.52. The number of hydrogen-bond donors (Lipinski definition) is 1. The van der Waals surface area contributed by atoms with Gasteiger partial charge in [-0.3, -0.25) is 4.98 Å². The van der Waals surface area contributed by atoms with Gasteiger partial charge >= 0.3 is 0 Å². The van der Waals surface area contributed by atoms with Gasteiger partial charge in [-0.05, 0) is 56.3 Å². The Morgan fingerprint density at radius 2 is 1.75 bits per heavy atom. The highest BCUT2D eigenvalue weighted by Gasteiger charge is 1.93. The highest BCUT2D eigenvalue weighted by atomic mass is 16.5. The Morgan fingerprint density at radius 1 is 1.00 bits per heavy atom. The van der Waals surface area contributed by atoms with Gasteiger partial charge < -0.3 is 10.5 Å². The van der Waals surface area contributed by atoms with Crippen LogP contribution in [0.2, 0.25) is 0 Å². The lowest BCUT2D eigenvalue weighted by Crippen LogP contribution is -2.01. The highest BCUT2D eigenvalue weighted by molar-refractivity contribution is 5.09. The molecule has 3 heteroatoms. The molecule has 0 aliphatic rings. The lowest BCUT2D eigenvalue weighted by Gasteiger charge is -2.04. The van der Waals surface area contributed by atoms with Gasteiger partial charge in [0.15, 0.2) is 0 Å². The van der Waals surface area contributed by atoms with Gasteiger partial charge in [0.1, 0.15) is 0 Å². The molecule has 0 radical (unpaired) electrons. The molecule has 1 aromatic rings. The number of aromatic nitrogens is 1. The molecule has 2 N–H and O–H groups in total. The first kappa shape index (κ1) is 13.1. The maximum Gasteiger partial charge on any atom is 0.0469 e. The number of rotatable bonds is 9. The molecular formula is C13H22N2O. The first-order valence-electron chi connectivity index (χ1n) is 6.10. The summed E-state index contributed by atoms with van der Waals surface area (Å²) >= 11 is 0. The molecule has 16 heavy (non-hydrogen) atoms. The lowest BCUT2D eigenvalue weighted by molar-refractivity contribution is 0.128. The van der Waals surface area contributed by atoms with Crippen LogP contribution >= 0.6 is 0 Å². The van der Waals surface area contributed by atoms with Crippen molar-refractivity contribution in [2.45, 2.75) is 32.1 Å². The molecule has 0 unspecified atom stereocenters. The molecule has 1 rings (SSSR count). The van der Waals surface area contributed by atoms with Crippen molar-refractivity contribution in [2.75, 3.05) is 19.8 Å². The van der Waals surface area contributed by atoms with Gasteiger partial charge in [0, 0.05) is 25.6 Å². The Balaban J connectivity index is 1.89. The molecule has 3 nitrogen and oxygen atoms in total. The molecule has 0 bridgehead atoms. The quantitative estimate of drug-likeness (QED) is 0.651. The summed E-state index contributed by atoms with van der Waals surface area (Å²) in [6.07, 6.45) is 9.26. The minimum atomic E-state index is 0.794. The van der Waals surface area contributed by atoms with E-state index in [4.69, 9.17) is 10.5 Å². The molecule has 0 saturated carbocycles. The third-order valence-corrected chi connectivity index (χ3v) is 2.50. The van der Waals surface area contributed by atoms with E-state index >= 15 is 0 Å². The fourth-order valence-electron chi connectivity index (χ4n) is 1.56. The monoisotopic (exact) mass is 222 g/mol. The number of nitrogens with zero attached hydrogens (tertiary/aromatic N) is 1. The summed E-state index contributed by atoms with van der Waals surface area (Å²) in [5.74, 6) is 0. The molecule has 0 aromatic carbocycles. The molecule has 0 aliphatic heterocycles. The van der Waals surface area contributed by atoms with Crippen LogP contribution in [0.3, 0.4) is 0 Å². The van der Waals surface area contributed by atoms with Crippen molar-refractivity contribution < 1.29 is 4.74 Å². The van der Waals surface area contributed by atoms with Gasteiger partial charge in [0.2, 0.25) is 0 Å². The smallest absolute Gasteiger partial charge is 0.0469 e. The van der Waals surface area contributed by atoms with Crippen LogP contribution in [0.25, 0.3) is 0 Å². The Bertz CT molecular complexity index is 251. The van der Waals surface area contributed by atoms with Gasteiger partial charge in [-0.25, -0.2) is 0 Å². The van der Waals surface area contributed by atoms with Crippen LogP contribution in [0.5, 0.6) is 0 Å². The van der Waals surface area contributed by atoms with Gasteiger partial charge in [0.25, 0.3) is 0 Å². The summed E-state index contributed by atoms with van der Waals surface area (Å²) in [5, 5.41) is 0. The zero-order chi connectivity index (χ0) is 11.5.